The van der Waals surface area contributed by atoms with Gasteiger partial charge < -0.3 is 5.73 Å². The van der Waals surface area contributed by atoms with Crippen LogP contribution in [0.25, 0.3) is 0 Å². The van der Waals surface area contributed by atoms with Crippen molar-refractivity contribution >= 4 is 21.6 Å². The van der Waals surface area contributed by atoms with E-state index in [1.807, 2.05) is 6.07 Å². The lowest BCUT2D eigenvalue weighted by atomic mass is 9.96. The maximum atomic E-state index is 5.91. The van der Waals surface area contributed by atoms with Crippen LogP contribution in [0.4, 0.5) is 5.69 Å². The van der Waals surface area contributed by atoms with Gasteiger partial charge >= 0.3 is 0 Å². The van der Waals surface area contributed by atoms with Crippen molar-refractivity contribution in [2.24, 2.45) is 5.92 Å². The molecule has 1 fully saturated rings. The Morgan fingerprint density at radius 2 is 2.11 bits per heavy atom. The Bertz CT molecular complexity index is 385. The van der Waals surface area contributed by atoms with E-state index < -0.39 is 0 Å². The molecule has 0 amide bonds. The van der Waals surface area contributed by atoms with E-state index in [1.165, 1.54) is 50.8 Å². The molecule has 1 heterocycles. The first kappa shape index (κ1) is 14.9. The summed E-state index contributed by atoms with van der Waals surface area (Å²) in [4.78, 5) is 2.58. The molecule has 1 saturated heterocycles. The zero-order chi connectivity index (χ0) is 13.7. The van der Waals surface area contributed by atoms with E-state index in [0.29, 0.717) is 0 Å². The molecule has 2 N–H and O–H groups in total. The van der Waals surface area contributed by atoms with Crippen molar-refractivity contribution in [3.63, 3.8) is 0 Å². The number of nitrogen functional groups attached to an aromatic ring is 1. The Labute approximate surface area is 125 Å². The van der Waals surface area contributed by atoms with Crippen LogP contribution < -0.4 is 5.73 Å². The number of hydrogen-bond acceptors (Lipinski definition) is 2. The first-order valence-electron chi connectivity index (χ1n) is 7.44. The van der Waals surface area contributed by atoms with Gasteiger partial charge in [0.05, 0.1) is 0 Å². The average Bonchev–Trinajstić information content (AvgIpc) is 2.54. The molecule has 2 rings (SSSR count). The summed E-state index contributed by atoms with van der Waals surface area (Å²) in [5.41, 5.74) is 8.08. The Morgan fingerprint density at radius 1 is 1.26 bits per heavy atom. The van der Waals surface area contributed by atoms with Crippen molar-refractivity contribution in [2.75, 3.05) is 18.8 Å². The second kappa shape index (κ2) is 7.30. The number of benzene rings is 1. The van der Waals surface area contributed by atoms with Gasteiger partial charge in [0.2, 0.25) is 0 Å². The molecular formula is C16H25BrN2. The third-order valence-electron chi connectivity index (χ3n) is 4.02. The molecule has 1 aliphatic heterocycles. The topological polar surface area (TPSA) is 29.3 Å². The molecule has 0 radical (unpaired) electrons. The fourth-order valence-corrected chi connectivity index (χ4v) is 3.66. The SMILES string of the molecule is CCCC1CCCN(Cc2cc(N)cc(Br)c2)CC1. The van der Waals surface area contributed by atoms with Gasteiger partial charge in [-0.25, -0.2) is 0 Å². The lowest BCUT2D eigenvalue weighted by Gasteiger charge is -2.20. The maximum absolute atomic E-state index is 5.91. The third kappa shape index (κ3) is 4.81. The summed E-state index contributed by atoms with van der Waals surface area (Å²) < 4.78 is 1.08. The van der Waals surface area contributed by atoms with Gasteiger partial charge in [0.15, 0.2) is 0 Å². The van der Waals surface area contributed by atoms with Gasteiger partial charge in [-0.2, -0.15) is 0 Å². The summed E-state index contributed by atoms with van der Waals surface area (Å²) in [6.45, 7) is 5.79. The zero-order valence-electron chi connectivity index (χ0n) is 11.9. The third-order valence-corrected chi connectivity index (χ3v) is 4.48. The van der Waals surface area contributed by atoms with E-state index in [1.54, 1.807) is 0 Å². The van der Waals surface area contributed by atoms with Gasteiger partial charge in [0.1, 0.15) is 0 Å². The Balaban J connectivity index is 1.92. The molecule has 1 aromatic carbocycles. The zero-order valence-corrected chi connectivity index (χ0v) is 13.5. The highest BCUT2D eigenvalue weighted by molar-refractivity contribution is 9.10. The summed E-state index contributed by atoms with van der Waals surface area (Å²) >= 11 is 3.52. The van der Waals surface area contributed by atoms with Crippen LogP contribution in [-0.4, -0.2) is 18.0 Å². The summed E-state index contributed by atoms with van der Waals surface area (Å²) in [6, 6.07) is 6.24. The van der Waals surface area contributed by atoms with Crippen LogP contribution in [0, 0.1) is 5.92 Å². The number of hydrogen-bond donors (Lipinski definition) is 1. The molecular weight excluding hydrogens is 300 g/mol. The second-order valence-electron chi connectivity index (χ2n) is 5.75. The van der Waals surface area contributed by atoms with Gasteiger partial charge in [-0.3, -0.25) is 4.90 Å². The van der Waals surface area contributed by atoms with Crippen LogP contribution in [-0.2, 0) is 6.54 Å². The second-order valence-corrected chi connectivity index (χ2v) is 6.67. The monoisotopic (exact) mass is 324 g/mol. The largest absolute Gasteiger partial charge is 0.399 e. The molecule has 0 aliphatic carbocycles. The summed E-state index contributed by atoms with van der Waals surface area (Å²) in [5.74, 6) is 0.947. The molecule has 0 spiro atoms. The van der Waals surface area contributed by atoms with Gasteiger partial charge in [-0.05, 0) is 62.0 Å². The van der Waals surface area contributed by atoms with Gasteiger partial charge in [0, 0.05) is 16.7 Å². The Morgan fingerprint density at radius 3 is 2.84 bits per heavy atom. The van der Waals surface area contributed by atoms with E-state index in [0.717, 1.165) is 22.6 Å². The molecule has 1 aliphatic rings. The van der Waals surface area contributed by atoms with Crippen molar-refractivity contribution in [3.05, 3.63) is 28.2 Å². The van der Waals surface area contributed by atoms with Crippen molar-refractivity contribution in [2.45, 2.75) is 45.6 Å². The molecule has 0 bridgehead atoms. The fraction of sp³-hybridized carbons (Fsp3) is 0.625. The Hall–Kier alpha value is -0.540. The molecule has 2 nitrogen and oxygen atoms in total. The molecule has 0 saturated carbocycles. The lowest BCUT2D eigenvalue weighted by molar-refractivity contribution is 0.271. The first-order chi connectivity index (χ1) is 9.17. The highest BCUT2D eigenvalue weighted by atomic mass is 79.9. The minimum absolute atomic E-state index is 0.850. The molecule has 1 atom stereocenters. The number of nitrogens with zero attached hydrogens (tertiary/aromatic N) is 1. The van der Waals surface area contributed by atoms with Gasteiger partial charge in [0.25, 0.3) is 0 Å². The van der Waals surface area contributed by atoms with Crippen molar-refractivity contribution in [3.8, 4) is 0 Å². The van der Waals surface area contributed by atoms with E-state index in [2.05, 4.69) is 39.9 Å². The Kier molecular flexibility index (Phi) is 5.71. The van der Waals surface area contributed by atoms with Crippen LogP contribution in [0.15, 0.2) is 22.7 Å². The van der Waals surface area contributed by atoms with Crippen LogP contribution in [0.2, 0.25) is 0 Å². The van der Waals surface area contributed by atoms with Gasteiger partial charge in [-0.15, -0.1) is 0 Å². The van der Waals surface area contributed by atoms with E-state index in [4.69, 9.17) is 5.73 Å². The van der Waals surface area contributed by atoms with E-state index >= 15 is 0 Å². The number of rotatable bonds is 4. The highest BCUT2D eigenvalue weighted by Gasteiger charge is 2.16. The summed E-state index contributed by atoms with van der Waals surface area (Å²) in [5, 5.41) is 0. The lowest BCUT2D eigenvalue weighted by Crippen LogP contribution is -2.24. The summed E-state index contributed by atoms with van der Waals surface area (Å²) in [7, 11) is 0. The fourth-order valence-electron chi connectivity index (χ4n) is 3.10. The molecule has 1 aromatic rings. The normalized spacial score (nSPS) is 21.3. The minimum Gasteiger partial charge on any atom is -0.399 e. The highest BCUT2D eigenvalue weighted by Crippen LogP contribution is 2.24. The number of halogens is 1. The van der Waals surface area contributed by atoms with E-state index in [9.17, 15) is 0 Å². The number of nitrogens with two attached hydrogens (primary N) is 1. The van der Waals surface area contributed by atoms with Crippen molar-refractivity contribution in [1.29, 1.82) is 0 Å². The molecule has 3 heteroatoms. The van der Waals surface area contributed by atoms with Crippen LogP contribution in [0.1, 0.15) is 44.6 Å². The van der Waals surface area contributed by atoms with Gasteiger partial charge in [-0.1, -0.05) is 35.7 Å². The predicted molar refractivity (Wildman–Crippen MR) is 86.1 cm³/mol. The van der Waals surface area contributed by atoms with Crippen molar-refractivity contribution in [1.82, 2.24) is 4.90 Å². The smallest absolute Gasteiger partial charge is 0.0328 e. The quantitative estimate of drug-likeness (QED) is 0.830. The number of anilines is 1. The standard InChI is InChI=1S/C16H25BrN2/c1-2-4-13-5-3-7-19(8-6-13)12-14-9-15(17)11-16(18)10-14/h9-11,13H,2-8,12,18H2,1H3. The minimum atomic E-state index is 0.850. The predicted octanol–water partition coefficient (Wildman–Crippen LogP) is 4.43. The van der Waals surface area contributed by atoms with Crippen LogP contribution in [0.5, 0.6) is 0 Å². The first-order valence-corrected chi connectivity index (χ1v) is 8.24. The van der Waals surface area contributed by atoms with Crippen LogP contribution in [0.3, 0.4) is 0 Å². The average molecular weight is 325 g/mol. The molecule has 1 unspecified atom stereocenters. The molecule has 106 valence electrons. The summed E-state index contributed by atoms with van der Waals surface area (Å²) in [6.07, 6.45) is 6.83. The van der Waals surface area contributed by atoms with E-state index in [-0.39, 0.29) is 0 Å². The maximum Gasteiger partial charge on any atom is 0.0328 e. The number of likely N-dealkylation sites (tertiary alicyclic amines) is 1. The van der Waals surface area contributed by atoms with Crippen molar-refractivity contribution < 1.29 is 0 Å². The molecule has 19 heavy (non-hydrogen) atoms. The molecule has 0 aromatic heterocycles. The van der Waals surface area contributed by atoms with Crippen LogP contribution >= 0.6 is 15.9 Å².